The van der Waals surface area contributed by atoms with Gasteiger partial charge in [0.05, 0.1) is 12.2 Å². The van der Waals surface area contributed by atoms with Gasteiger partial charge in [-0.15, -0.1) is 0 Å². The lowest BCUT2D eigenvalue weighted by Crippen LogP contribution is -2.41. The monoisotopic (exact) mass is 382 g/mol. The highest BCUT2D eigenvalue weighted by molar-refractivity contribution is 6.35. The van der Waals surface area contributed by atoms with E-state index in [2.05, 4.69) is 15.8 Å². The number of carbonyl (C=O) groups excluding carboxylic acids is 3. The summed E-state index contributed by atoms with van der Waals surface area (Å²) in [5.41, 5.74) is 3.72. The first-order valence-electron chi connectivity index (χ1n) is 8.52. The minimum absolute atomic E-state index is 0.103. The van der Waals surface area contributed by atoms with Crippen molar-refractivity contribution in [1.29, 1.82) is 0 Å². The van der Waals surface area contributed by atoms with Gasteiger partial charge in [-0.25, -0.2) is 5.43 Å². The molecule has 2 N–H and O–H groups in total. The molecule has 0 fully saturated rings. The fourth-order valence-electron chi connectivity index (χ4n) is 2.13. The number of nitrogens with zero attached hydrogens (tertiary/aromatic N) is 1. The number of ether oxygens (including phenoxy) is 1. The lowest BCUT2D eigenvalue weighted by Gasteiger charge is -2.08. The van der Waals surface area contributed by atoms with Gasteiger partial charge >= 0.3 is 11.8 Å². The molecule has 0 saturated carbocycles. The Kier molecular flexibility index (Phi) is 7.27. The third kappa shape index (κ3) is 6.56. The second-order valence-electron chi connectivity index (χ2n) is 6.17. The van der Waals surface area contributed by atoms with Crippen LogP contribution in [0.2, 0.25) is 0 Å². The number of hydrogen-bond acceptors (Lipinski definition) is 6. The van der Waals surface area contributed by atoms with Crippen LogP contribution >= 0.6 is 0 Å². The molecule has 0 radical (unpaired) electrons. The topological polar surface area (TPSA) is 120 Å². The zero-order chi connectivity index (χ0) is 20.5. The Labute approximate surface area is 162 Å². The lowest BCUT2D eigenvalue weighted by atomic mass is 10.1. The molecule has 2 amide bonds. The molecule has 2 aromatic carbocycles. The van der Waals surface area contributed by atoms with Crippen LogP contribution in [0.5, 0.6) is 5.75 Å². The van der Waals surface area contributed by atoms with Gasteiger partial charge in [-0.05, 0) is 42.7 Å². The average molecular weight is 382 g/mol. The van der Waals surface area contributed by atoms with Crippen molar-refractivity contribution in [2.45, 2.75) is 26.5 Å². The molecule has 0 spiro atoms. The summed E-state index contributed by atoms with van der Waals surface area (Å²) >= 11 is 0. The fraction of sp³-hybridized carbons (Fsp3) is 0.200. The second-order valence-corrected chi connectivity index (χ2v) is 6.17. The first kappa shape index (κ1) is 20.6. The summed E-state index contributed by atoms with van der Waals surface area (Å²) in [6, 6.07) is 13.0. The summed E-state index contributed by atoms with van der Waals surface area (Å²) in [5, 5.41) is 17.0. The van der Waals surface area contributed by atoms with Crippen LogP contribution in [-0.2, 0) is 16.2 Å². The fourth-order valence-corrected chi connectivity index (χ4v) is 2.13. The van der Waals surface area contributed by atoms with Crippen molar-refractivity contribution in [3.8, 4) is 5.75 Å². The Balaban J connectivity index is 1.90. The van der Waals surface area contributed by atoms with Crippen LogP contribution in [0, 0.1) is 0 Å². The second kappa shape index (κ2) is 9.86. The Morgan fingerprint density at radius 1 is 1.11 bits per heavy atom. The van der Waals surface area contributed by atoms with Gasteiger partial charge in [0.1, 0.15) is 12.4 Å². The van der Waals surface area contributed by atoms with Crippen molar-refractivity contribution in [1.82, 2.24) is 10.7 Å². The van der Waals surface area contributed by atoms with E-state index >= 15 is 0 Å². The normalized spacial score (nSPS) is 10.7. The highest BCUT2D eigenvalue weighted by Crippen LogP contribution is 2.14. The van der Waals surface area contributed by atoms with Crippen LogP contribution in [0.3, 0.4) is 0 Å². The minimum atomic E-state index is -1.23. The van der Waals surface area contributed by atoms with Crippen molar-refractivity contribution in [2.24, 2.45) is 5.10 Å². The van der Waals surface area contributed by atoms with Crippen molar-refractivity contribution in [3.63, 3.8) is 0 Å². The van der Waals surface area contributed by atoms with Gasteiger partial charge in [-0.1, -0.05) is 36.4 Å². The number of rotatable bonds is 7. The number of hydrogen-bond donors (Lipinski definition) is 2. The van der Waals surface area contributed by atoms with E-state index in [0.29, 0.717) is 11.3 Å². The quantitative estimate of drug-likeness (QED) is 0.413. The molecule has 8 nitrogen and oxygen atoms in total. The average Bonchev–Trinajstić information content (AvgIpc) is 2.66. The Morgan fingerprint density at radius 3 is 2.46 bits per heavy atom. The number of hydrazone groups is 1. The maximum absolute atomic E-state index is 11.6. The summed E-state index contributed by atoms with van der Waals surface area (Å²) in [7, 11) is 0. The van der Waals surface area contributed by atoms with Gasteiger partial charge in [0.15, 0.2) is 0 Å². The zero-order valence-corrected chi connectivity index (χ0v) is 15.5. The third-order valence-corrected chi connectivity index (χ3v) is 3.46. The highest BCUT2D eigenvalue weighted by Gasteiger charge is 2.12. The predicted octanol–water partition coefficient (Wildman–Crippen LogP) is 0.604. The van der Waals surface area contributed by atoms with E-state index in [-0.39, 0.29) is 18.2 Å². The Hall–Kier alpha value is -3.68. The highest BCUT2D eigenvalue weighted by atomic mass is 16.5. The molecule has 28 heavy (non-hydrogen) atoms. The molecule has 2 rings (SSSR count). The smallest absolute Gasteiger partial charge is 0.329 e. The Bertz CT molecular complexity index is 876. The van der Waals surface area contributed by atoms with Crippen molar-refractivity contribution >= 4 is 24.0 Å². The van der Waals surface area contributed by atoms with Crippen LogP contribution < -0.4 is 20.6 Å². The molecule has 0 aliphatic heterocycles. The van der Waals surface area contributed by atoms with E-state index in [4.69, 9.17) is 4.74 Å². The van der Waals surface area contributed by atoms with Gasteiger partial charge < -0.3 is 20.0 Å². The number of aromatic carboxylic acids is 1. The first-order valence-corrected chi connectivity index (χ1v) is 8.52. The molecular weight excluding hydrogens is 362 g/mol. The van der Waals surface area contributed by atoms with E-state index in [1.54, 1.807) is 50.2 Å². The number of carboxylic acid groups (broad SMARTS) is 1. The van der Waals surface area contributed by atoms with Gasteiger partial charge in [0, 0.05) is 6.04 Å². The molecule has 2 aromatic rings. The maximum Gasteiger partial charge on any atom is 0.329 e. The molecule has 0 aliphatic rings. The van der Waals surface area contributed by atoms with Gasteiger partial charge in [-0.2, -0.15) is 5.10 Å². The van der Waals surface area contributed by atoms with E-state index in [0.717, 1.165) is 5.56 Å². The van der Waals surface area contributed by atoms with E-state index in [1.807, 2.05) is 0 Å². The summed E-state index contributed by atoms with van der Waals surface area (Å²) in [4.78, 5) is 33.8. The van der Waals surface area contributed by atoms with E-state index in [9.17, 15) is 19.5 Å². The number of carbonyl (C=O) groups is 3. The zero-order valence-electron chi connectivity index (χ0n) is 15.5. The molecule has 8 heteroatoms. The maximum atomic E-state index is 11.6. The summed E-state index contributed by atoms with van der Waals surface area (Å²) in [6.07, 6.45) is 1.39. The van der Waals surface area contributed by atoms with Gasteiger partial charge in [0.2, 0.25) is 0 Å². The molecule has 0 atom stereocenters. The minimum Gasteiger partial charge on any atom is -0.545 e. The summed E-state index contributed by atoms with van der Waals surface area (Å²) < 4.78 is 5.67. The van der Waals surface area contributed by atoms with Crippen molar-refractivity contribution in [2.75, 3.05) is 0 Å². The Morgan fingerprint density at radius 2 is 1.82 bits per heavy atom. The van der Waals surface area contributed by atoms with E-state index < -0.39 is 17.8 Å². The number of amides is 2. The summed E-state index contributed by atoms with van der Waals surface area (Å²) in [5.74, 6) is -2.27. The molecule has 0 saturated heterocycles. The number of carboxylic acids is 1. The van der Waals surface area contributed by atoms with Gasteiger partial charge in [-0.3, -0.25) is 9.59 Å². The number of benzene rings is 2. The van der Waals surface area contributed by atoms with Crippen LogP contribution in [0.25, 0.3) is 0 Å². The van der Waals surface area contributed by atoms with Crippen LogP contribution in [0.15, 0.2) is 53.6 Å². The lowest BCUT2D eigenvalue weighted by molar-refractivity contribution is -0.255. The predicted molar refractivity (Wildman–Crippen MR) is 101 cm³/mol. The first-order chi connectivity index (χ1) is 13.3. The standard InChI is InChI=1S/C20H21N3O5/c1-13(2)22-18(24)19(25)23-21-11-15-4-3-5-17(10-15)28-12-14-6-8-16(9-7-14)20(26)27/h3-11,13H,12H2,1-2H3,(H,22,24)(H,23,25)(H,26,27)/p-1/b21-11-. The molecule has 146 valence electrons. The molecule has 0 aromatic heterocycles. The molecular formula is C20H20N3O5-. The molecule has 0 aliphatic carbocycles. The SMILES string of the molecule is CC(C)NC(=O)C(=O)N/N=C\c1cccc(OCc2ccc(C(=O)[O-])cc2)c1. The largest absolute Gasteiger partial charge is 0.545 e. The van der Waals surface area contributed by atoms with Gasteiger partial charge in [0.25, 0.3) is 0 Å². The molecule has 0 heterocycles. The van der Waals surface area contributed by atoms with Crippen molar-refractivity contribution < 1.29 is 24.2 Å². The molecule has 0 unspecified atom stereocenters. The summed E-state index contributed by atoms with van der Waals surface area (Å²) in [6.45, 7) is 3.75. The van der Waals surface area contributed by atoms with E-state index in [1.165, 1.54) is 18.3 Å². The third-order valence-electron chi connectivity index (χ3n) is 3.46. The molecule has 0 bridgehead atoms. The number of nitrogens with one attached hydrogen (secondary N) is 2. The van der Waals surface area contributed by atoms with Crippen LogP contribution in [0.4, 0.5) is 0 Å². The van der Waals surface area contributed by atoms with Crippen LogP contribution in [-0.4, -0.2) is 30.0 Å². The van der Waals surface area contributed by atoms with Crippen molar-refractivity contribution in [3.05, 3.63) is 65.2 Å². The van der Waals surface area contributed by atoms with Crippen LogP contribution in [0.1, 0.15) is 35.3 Å².